The fourth-order valence-electron chi connectivity index (χ4n) is 5.79. The first-order chi connectivity index (χ1) is 19.1. The summed E-state index contributed by atoms with van der Waals surface area (Å²) in [5.74, 6) is -2.05. The third kappa shape index (κ3) is 4.43. The maximum Gasteiger partial charge on any atom is 0.283 e. The molecule has 3 N–H and O–H groups in total. The molecule has 208 valence electrons. The molecule has 10 heteroatoms. The van der Waals surface area contributed by atoms with Crippen LogP contribution in [0.25, 0.3) is 33.4 Å². The molecule has 0 radical (unpaired) electrons. The number of nitrogens with zero attached hydrogens (tertiary/aromatic N) is 4. The lowest BCUT2D eigenvalue weighted by molar-refractivity contribution is -0.156. The number of ether oxygens (including phenoxy) is 1. The molecule has 0 bridgehead atoms. The smallest absolute Gasteiger partial charge is 0.283 e. The SMILES string of the molecule is C=C(F)C(=O)Nc1ccc(-c2c(-c3ccc(C4(N(CC)C(C)C)COC4)c(F)c3)c3c(N)ncnc3n2C)cc1. The number of benzene rings is 2. The molecule has 1 aliphatic heterocycles. The van der Waals surface area contributed by atoms with Gasteiger partial charge in [-0.25, -0.2) is 18.7 Å². The minimum atomic E-state index is -1.08. The molecule has 1 saturated heterocycles. The van der Waals surface area contributed by atoms with E-state index >= 15 is 4.39 Å². The molecule has 8 nitrogen and oxygen atoms in total. The second-order valence-corrected chi connectivity index (χ2v) is 10.3. The van der Waals surface area contributed by atoms with Crippen molar-refractivity contribution in [3.05, 3.63) is 72.6 Å². The minimum Gasteiger partial charge on any atom is -0.383 e. The maximum absolute atomic E-state index is 16.1. The van der Waals surface area contributed by atoms with Gasteiger partial charge in [-0.3, -0.25) is 9.69 Å². The molecule has 0 spiro atoms. The molecule has 1 amide bonds. The van der Waals surface area contributed by atoms with Crippen LogP contribution in [0.3, 0.4) is 0 Å². The first-order valence-corrected chi connectivity index (χ1v) is 13.1. The molecular formula is C30H32F2N6O2. The first kappa shape index (κ1) is 27.4. The Labute approximate surface area is 231 Å². The molecule has 3 heterocycles. The van der Waals surface area contributed by atoms with Gasteiger partial charge in [0.05, 0.1) is 29.8 Å². The van der Waals surface area contributed by atoms with Crippen molar-refractivity contribution >= 4 is 28.4 Å². The van der Waals surface area contributed by atoms with Crippen LogP contribution >= 0.6 is 0 Å². The highest BCUT2D eigenvalue weighted by Gasteiger charge is 2.47. The summed E-state index contributed by atoms with van der Waals surface area (Å²) in [5.41, 5.74) is 10.2. The lowest BCUT2D eigenvalue weighted by Gasteiger charge is -2.51. The zero-order valence-electron chi connectivity index (χ0n) is 23.0. The largest absolute Gasteiger partial charge is 0.383 e. The molecule has 40 heavy (non-hydrogen) atoms. The van der Waals surface area contributed by atoms with Crippen LogP contribution in [0.2, 0.25) is 0 Å². The average Bonchev–Trinajstić information content (AvgIpc) is 3.20. The molecule has 2 aromatic carbocycles. The summed E-state index contributed by atoms with van der Waals surface area (Å²) in [7, 11) is 1.85. The molecule has 0 saturated carbocycles. The van der Waals surface area contributed by atoms with E-state index in [0.29, 0.717) is 46.6 Å². The quantitative estimate of drug-likeness (QED) is 0.287. The fraction of sp³-hybridized carbons (Fsp3) is 0.300. The summed E-state index contributed by atoms with van der Waals surface area (Å²) >= 11 is 0. The summed E-state index contributed by atoms with van der Waals surface area (Å²) in [5, 5.41) is 3.06. The van der Waals surface area contributed by atoms with Crippen molar-refractivity contribution in [3.8, 4) is 22.4 Å². The summed E-state index contributed by atoms with van der Waals surface area (Å²) in [6, 6.07) is 12.4. The summed E-state index contributed by atoms with van der Waals surface area (Å²) in [4.78, 5) is 22.6. The highest BCUT2D eigenvalue weighted by molar-refractivity contribution is 6.08. The number of nitrogens with one attached hydrogen (secondary N) is 1. The van der Waals surface area contributed by atoms with Crippen molar-refractivity contribution in [2.75, 3.05) is 30.8 Å². The number of nitrogen functional groups attached to an aromatic ring is 1. The molecule has 0 aliphatic carbocycles. The first-order valence-electron chi connectivity index (χ1n) is 13.1. The van der Waals surface area contributed by atoms with Crippen LogP contribution in [0.15, 0.2) is 61.2 Å². The van der Waals surface area contributed by atoms with Crippen LogP contribution in [0, 0.1) is 5.82 Å². The Morgan fingerprint density at radius 2 is 1.88 bits per heavy atom. The molecular weight excluding hydrogens is 514 g/mol. The van der Waals surface area contributed by atoms with E-state index in [1.807, 2.05) is 23.7 Å². The number of halogens is 2. The van der Waals surface area contributed by atoms with Crippen LogP contribution < -0.4 is 11.1 Å². The topological polar surface area (TPSA) is 98.3 Å². The number of hydrogen-bond donors (Lipinski definition) is 2. The number of anilines is 2. The van der Waals surface area contributed by atoms with E-state index in [9.17, 15) is 9.18 Å². The molecule has 5 rings (SSSR count). The normalized spacial score (nSPS) is 14.5. The second kappa shape index (κ2) is 10.4. The van der Waals surface area contributed by atoms with Crippen LogP contribution in [0.4, 0.5) is 20.3 Å². The predicted molar refractivity (Wildman–Crippen MR) is 153 cm³/mol. The van der Waals surface area contributed by atoms with Gasteiger partial charge in [0.1, 0.15) is 23.6 Å². The van der Waals surface area contributed by atoms with Gasteiger partial charge in [0.15, 0.2) is 5.83 Å². The highest BCUT2D eigenvalue weighted by Crippen LogP contribution is 2.44. The van der Waals surface area contributed by atoms with E-state index in [2.05, 4.69) is 47.5 Å². The Hall–Kier alpha value is -4.15. The zero-order chi connectivity index (χ0) is 28.8. The van der Waals surface area contributed by atoms with Gasteiger partial charge in [0, 0.05) is 29.9 Å². The average molecular weight is 547 g/mol. The standard InChI is InChI=1S/C30H32F2N6O2/c1-6-38(17(2)3)30(14-40-15-30)22-12-9-20(13-23(22)32)24-25-27(33)34-16-35-28(25)37(5)26(24)19-7-10-21(11-8-19)36-29(39)18(4)31/h7-13,16-17H,4,6,14-15H2,1-3,5H3,(H,36,39)(H2,33,34,35). The Balaban J connectivity index is 1.65. The van der Waals surface area contributed by atoms with Crippen molar-refractivity contribution < 1.29 is 18.3 Å². The summed E-state index contributed by atoms with van der Waals surface area (Å²) in [6.07, 6.45) is 1.39. The second-order valence-electron chi connectivity index (χ2n) is 10.3. The van der Waals surface area contributed by atoms with Gasteiger partial charge in [0.25, 0.3) is 5.91 Å². The van der Waals surface area contributed by atoms with Gasteiger partial charge < -0.3 is 20.4 Å². The van der Waals surface area contributed by atoms with Crippen LogP contribution in [-0.2, 0) is 22.1 Å². The minimum absolute atomic E-state index is 0.213. The van der Waals surface area contributed by atoms with Crippen LogP contribution in [0.1, 0.15) is 26.3 Å². The molecule has 4 aromatic rings. The van der Waals surface area contributed by atoms with Gasteiger partial charge in [-0.1, -0.05) is 37.8 Å². The molecule has 0 atom stereocenters. The Kier molecular flexibility index (Phi) is 7.16. The monoisotopic (exact) mass is 546 g/mol. The van der Waals surface area contributed by atoms with E-state index in [-0.39, 0.29) is 17.7 Å². The summed E-state index contributed by atoms with van der Waals surface area (Å²) < 4.78 is 36.7. The van der Waals surface area contributed by atoms with Crippen molar-refractivity contribution in [3.63, 3.8) is 0 Å². The maximum atomic E-state index is 16.1. The third-order valence-electron chi connectivity index (χ3n) is 7.61. The Bertz CT molecular complexity index is 1610. The Morgan fingerprint density at radius 1 is 1.20 bits per heavy atom. The lowest BCUT2D eigenvalue weighted by atomic mass is 9.83. The van der Waals surface area contributed by atoms with E-state index in [0.717, 1.165) is 17.8 Å². The predicted octanol–water partition coefficient (Wildman–Crippen LogP) is 5.40. The third-order valence-corrected chi connectivity index (χ3v) is 7.61. The number of fused-ring (bicyclic) bond motifs is 1. The van der Waals surface area contributed by atoms with Crippen molar-refractivity contribution in [2.24, 2.45) is 7.05 Å². The zero-order valence-corrected chi connectivity index (χ0v) is 23.0. The molecule has 2 aromatic heterocycles. The molecule has 1 aliphatic rings. The number of aromatic nitrogens is 3. The van der Waals surface area contributed by atoms with Gasteiger partial charge in [0.2, 0.25) is 0 Å². The number of rotatable bonds is 8. The molecule has 1 fully saturated rings. The van der Waals surface area contributed by atoms with Crippen molar-refractivity contribution in [1.82, 2.24) is 19.4 Å². The van der Waals surface area contributed by atoms with Gasteiger partial charge >= 0.3 is 0 Å². The number of amides is 1. The van der Waals surface area contributed by atoms with Gasteiger partial charge in [-0.2, -0.15) is 0 Å². The van der Waals surface area contributed by atoms with Gasteiger partial charge in [-0.05, 0) is 49.7 Å². The fourth-order valence-corrected chi connectivity index (χ4v) is 5.79. The van der Waals surface area contributed by atoms with Crippen molar-refractivity contribution in [2.45, 2.75) is 32.4 Å². The van der Waals surface area contributed by atoms with E-state index in [1.54, 1.807) is 24.3 Å². The Morgan fingerprint density at radius 3 is 2.42 bits per heavy atom. The number of carbonyl (C=O) groups is 1. The lowest BCUT2D eigenvalue weighted by Crippen LogP contribution is -2.61. The van der Waals surface area contributed by atoms with Crippen LogP contribution in [0.5, 0.6) is 0 Å². The summed E-state index contributed by atoms with van der Waals surface area (Å²) in [6.45, 7) is 10.9. The number of likely N-dealkylation sites (N-methyl/N-ethyl adjacent to an activating group) is 1. The van der Waals surface area contributed by atoms with Crippen molar-refractivity contribution in [1.29, 1.82) is 0 Å². The van der Waals surface area contributed by atoms with E-state index in [4.69, 9.17) is 10.5 Å². The van der Waals surface area contributed by atoms with Crippen LogP contribution in [-0.4, -0.2) is 51.1 Å². The van der Waals surface area contributed by atoms with E-state index in [1.165, 1.54) is 12.4 Å². The highest BCUT2D eigenvalue weighted by atomic mass is 19.1. The number of nitrogens with two attached hydrogens (primary N) is 1. The molecule has 0 unspecified atom stereocenters. The van der Waals surface area contributed by atoms with E-state index < -0.39 is 17.3 Å². The van der Waals surface area contributed by atoms with Gasteiger partial charge in [-0.15, -0.1) is 0 Å². The number of hydrogen-bond acceptors (Lipinski definition) is 6. The number of carbonyl (C=O) groups excluding carboxylic acids is 1. The number of aryl methyl sites for hydroxylation is 1.